The van der Waals surface area contributed by atoms with E-state index in [0.29, 0.717) is 87.5 Å². The van der Waals surface area contributed by atoms with Gasteiger partial charge in [0.25, 0.3) is 5.60 Å². The molecule has 7 atom stereocenters. The van der Waals surface area contributed by atoms with Crippen LogP contribution in [0.4, 0.5) is 213 Å². The number of nitrogen functional groups attached to an aromatic ring is 12. The molecule has 20 nitrogen and oxygen atoms in total. The van der Waals surface area contributed by atoms with E-state index >= 15 is 0 Å². The molecule has 0 bridgehead atoms. The number of halogens is 33. The highest BCUT2D eigenvalue weighted by atomic mass is 19.5. The second kappa shape index (κ2) is 35.3. The van der Waals surface area contributed by atoms with Crippen LogP contribution >= 0.6 is 0 Å². The van der Waals surface area contributed by atoms with E-state index in [1.807, 2.05) is 0 Å². The molecule has 0 spiro atoms. The van der Waals surface area contributed by atoms with Gasteiger partial charge in [-0.05, 0) is 156 Å². The SMILES string of the molecule is CC(O)(c1cc(C(O)(C(F)(F)F)C(F)(F)F)c(N)cc1N)C(F)(F)F.CC(O)(c1cc(C(c2ccc(N)cc2)(C(F)(F)F)C(F)(F)F)ccc1N)C(F)(F)F.CC(O)(c1cc(N)c(C(C)(O)C(F)(F)F)cc1N)C(F)(F)F.CC(O)(c1cc(N)cc(N)c1)C(F)(F)F.CC(O)(c1cc(N)ccc1N)C(F)(F)F.CC(O)(c1ccc2c(N)cccc2c1N)C(F)(F)F. The van der Waals surface area contributed by atoms with Crippen LogP contribution in [0, 0.1) is 0 Å². The maximum Gasteiger partial charge on any atom is 0.430 e. The van der Waals surface area contributed by atoms with Crippen molar-refractivity contribution in [2.45, 2.75) is 167 Å². The van der Waals surface area contributed by atoms with Gasteiger partial charge in [0, 0.05) is 118 Å². The Balaban J connectivity index is 0.000000397. The van der Waals surface area contributed by atoms with Crippen LogP contribution in [0.1, 0.15) is 104 Å². The predicted molar refractivity (Wildman–Crippen MR) is 394 cm³/mol. The molecule has 7 unspecified atom stereocenters. The molecule has 53 heteroatoms. The van der Waals surface area contributed by atoms with Crippen LogP contribution in [0.3, 0.4) is 0 Å². The van der Waals surface area contributed by atoms with E-state index < -0.39 is 191 Å². The molecular weight excluding hydrogens is 1800 g/mol. The van der Waals surface area contributed by atoms with Crippen LogP contribution < -0.4 is 68.8 Å². The number of rotatable bonds is 10. The molecule has 0 aliphatic carbocycles. The molecule has 0 fully saturated rings. The number of benzene rings is 8. The van der Waals surface area contributed by atoms with E-state index in [9.17, 15) is 186 Å². The summed E-state index contributed by atoms with van der Waals surface area (Å²) in [5.41, 5.74) is 15.2. The summed E-state index contributed by atoms with van der Waals surface area (Å²) < 4.78 is 430. The van der Waals surface area contributed by atoms with Crippen LogP contribution in [0.15, 0.2) is 133 Å². The maximum atomic E-state index is 14.0. The van der Waals surface area contributed by atoms with E-state index in [2.05, 4.69) is 0 Å². The monoisotopic (exact) mass is 1870 g/mol. The summed E-state index contributed by atoms with van der Waals surface area (Å²) in [5, 5.41) is 77.0. The number of aliphatic hydroxyl groups is 8. The molecular formula is C73H75F33N12O8. The van der Waals surface area contributed by atoms with Gasteiger partial charge in [-0.3, -0.25) is 0 Å². The molecule has 8 aromatic carbocycles. The van der Waals surface area contributed by atoms with Crippen LogP contribution in [0.25, 0.3) is 10.8 Å². The van der Waals surface area contributed by atoms with Crippen molar-refractivity contribution in [1.29, 1.82) is 0 Å². The van der Waals surface area contributed by atoms with Crippen LogP contribution in [-0.4, -0.2) is 109 Å². The van der Waals surface area contributed by atoms with Crippen molar-refractivity contribution in [2.24, 2.45) is 0 Å². The Morgan fingerprint density at radius 2 is 0.484 bits per heavy atom. The summed E-state index contributed by atoms with van der Waals surface area (Å²) in [7, 11) is 0. The van der Waals surface area contributed by atoms with Crippen LogP contribution in [0.5, 0.6) is 0 Å². The highest BCUT2D eigenvalue weighted by Crippen LogP contribution is 2.59. The van der Waals surface area contributed by atoms with Gasteiger partial charge in [0.15, 0.2) is 39.2 Å². The number of fused-ring (bicyclic) bond motifs is 1. The normalized spacial score (nSPS) is 16.4. The summed E-state index contributed by atoms with van der Waals surface area (Å²) in [6, 6.07) is 18.4. The Bertz CT molecular complexity index is 5050. The van der Waals surface area contributed by atoms with E-state index in [1.165, 1.54) is 24.3 Å². The number of hydrogen-bond donors (Lipinski definition) is 20. The standard InChI is InChI=1S/C18H15F9N2O.C13H13F3N2O.C12H11F9N2O2.C12H14F6N2O2.2C9H11F3N2O/c1-14(30,16(19,20)21)12-8-10(4-7-13(12)29)15(17(22,23)24,18(25,26)27)9-2-5-11(28)6-3-9;1-12(19,13(14,15)16)9-6-5-7-8(11(9)18)3-2-4-10(7)17;1-8(24,10(13,14)15)4-2-5(7(23)3-6(4)22)9(25,11(16,17)18)12(19,20)21;1-9(21,11(13,14)15)5-3-8(20)6(4-7(5)19)10(2,22)12(16,17)18;1-8(15,9(10,11)12)5-2-6(13)4-7(14)3-5;1-8(15,9(10,11)12)6-4-5(13)2-3-7(6)14/h2-8,30H,28-29H2,1H3;2-6,19H,17-18H2,1H3;2-3,24-25H,22-23H2,1H3;3-4,21-22H,19-20H2,1-2H3;2*2-4,15H,13-14H2,1H3. The van der Waals surface area contributed by atoms with Gasteiger partial charge in [-0.15, -0.1) is 0 Å². The van der Waals surface area contributed by atoms with Crippen molar-refractivity contribution >= 4 is 79.0 Å². The third-order valence-electron chi connectivity index (χ3n) is 19.1. The van der Waals surface area contributed by atoms with Crippen molar-refractivity contribution in [3.63, 3.8) is 0 Å². The summed E-state index contributed by atoms with van der Waals surface area (Å²) in [6.45, 7) is 2.99. The molecule has 0 saturated carbocycles. The fourth-order valence-electron chi connectivity index (χ4n) is 11.1. The number of nitrogens with two attached hydrogens (primary N) is 12. The van der Waals surface area contributed by atoms with Gasteiger partial charge in [0.1, 0.15) is 0 Å². The zero-order valence-electron chi connectivity index (χ0n) is 64.7. The van der Waals surface area contributed by atoms with Gasteiger partial charge in [0.05, 0.1) is 0 Å². The smallest absolute Gasteiger partial charge is 0.399 e. The molecule has 0 radical (unpaired) electrons. The number of anilines is 12. The van der Waals surface area contributed by atoms with E-state index in [1.54, 1.807) is 18.2 Å². The summed E-state index contributed by atoms with van der Waals surface area (Å²) in [4.78, 5) is 0. The molecule has 0 saturated heterocycles. The summed E-state index contributed by atoms with van der Waals surface area (Å²) in [5.74, 6) is 0. The summed E-state index contributed by atoms with van der Waals surface area (Å²) in [6.07, 6.45) is -60.4. The van der Waals surface area contributed by atoms with Crippen LogP contribution in [0.2, 0.25) is 0 Å². The van der Waals surface area contributed by atoms with Crippen molar-refractivity contribution in [1.82, 2.24) is 0 Å². The molecule has 0 aliphatic heterocycles. The number of hydrogen-bond acceptors (Lipinski definition) is 20. The van der Waals surface area contributed by atoms with Crippen molar-refractivity contribution in [3.05, 3.63) is 189 Å². The van der Waals surface area contributed by atoms with Crippen molar-refractivity contribution in [3.8, 4) is 0 Å². The Morgan fingerprint density at radius 1 is 0.190 bits per heavy atom. The second-order valence-corrected chi connectivity index (χ2v) is 28.6. The lowest BCUT2D eigenvalue weighted by molar-refractivity contribution is -0.376. The fraction of sp³-hybridized carbons (Fsp3) is 0.370. The van der Waals surface area contributed by atoms with Gasteiger partial charge in [-0.2, -0.15) is 145 Å². The minimum atomic E-state index is -6.38. The number of alkyl halides is 33. The van der Waals surface area contributed by atoms with E-state index in [4.69, 9.17) is 68.8 Å². The van der Waals surface area contributed by atoms with E-state index in [0.717, 1.165) is 36.4 Å². The van der Waals surface area contributed by atoms with Crippen molar-refractivity contribution in [2.75, 3.05) is 68.8 Å². The first-order valence-electron chi connectivity index (χ1n) is 33.7. The lowest BCUT2D eigenvalue weighted by atomic mass is 9.71. The summed E-state index contributed by atoms with van der Waals surface area (Å²) >= 11 is 0. The first-order chi connectivity index (χ1) is 55.6. The van der Waals surface area contributed by atoms with Gasteiger partial charge in [0.2, 0.25) is 5.41 Å². The topological polar surface area (TPSA) is 474 Å². The van der Waals surface area contributed by atoms with E-state index in [-0.39, 0.29) is 77.3 Å². The highest BCUT2D eigenvalue weighted by molar-refractivity contribution is 6.01. The first kappa shape index (κ1) is 109. The molecule has 8 aromatic rings. The Kier molecular flexibility index (Phi) is 30.6. The molecule has 0 heterocycles. The lowest BCUT2D eigenvalue weighted by Gasteiger charge is -2.39. The maximum absolute atomic E-state index is 14.0. The van der Waals surface area contributed by atoms with Gasteiger partial charge in [-0.25, -0.2) is 0 Å². The molecule has 0 aromatic heterocycles. The first-order valence-corrected chi connectivity index (χ1v) is 33.7. The third kappa shape index (κ3) is 21.8. The largest absolute Gasteiger partial charge is 0.430 e. The molecule has 32 N–H and O–H groups in total. The van der Waals surface area contributed by atoms with Crippen LogP contribution in [-0.2, 0) is 50.2 Å². The Labute approximate surface area is 687 Å². The highest BCUT2D eigenvalue weighted by Gasteiger charge is 2.74. The average Bonchev–Trinajstić information content (AvgIpc) is 0.706. The zero-order chi connectivity index (χ0) is 99.4. The molecule has 706 valence electrons. The van der Waals surface area contributed by atoms with Gasteiger partial charge in [-0.1, -0.05) is 42.5 Å². The Morgan fingerprint density at radius 3 is 0.825 bits per heavy atom. The molecule has 0 aliphatic rings. The van der Waals surface area contributed by atoms with Gasteiger partial charge >= 0.3 is 67.9 Å². The average molecular weight is 1880 g/mol. The predicted octanol–water partition coefficient (Wildman–Crippen LogP) is 16.4. The molecule has 0 amide bonds. The Hall–Kier alpha value is -11.0. The zero-order valence-corrected chi connectivity index (χ0v) is 64.7. The minimum absolute atomic E-state index is 0.0276. The quantitative estimate of drug-likeness (QED) is 0.0447. The molecule has 8 rings (SSSR count). The minimum Gasteiger partial charge on any atom is -0.399 e. The third-order valence-corrected chi connectivity index (χ3v) is 19.1. The lowest BCUT2D eigenvalue weighted by Crippen LogP contribution is -2.55. The van der Waals surface area contributed by atoms with Crippen molar-refractivity contribution < 1.29 is 186 Å². The molecule has 126 heavy (non-hydrogen) atoms. The second-order valence-electron chi connectivity index (χ2n) is 28.6. The van der Waals surface area contributed by atoms with Gasteiger partial charge < -0.3 is 110 Å². The fourth-order valence-corrected chi connectivity index (χ4v) is 11.1.